The molecule has 80 valence electrons. The Morgan fingerprint density at radius 1 is 1.47 bits per heavy atom. The van der Waals surface area contributed by atoms with Crippen LogP contribution in [0.4, 0.5) is 0 Å². The molecule has 2 nitrogen and oxygen atoms in total. The number of hydrogen-bond acceptors (Lipinski definition) is 1. The van der Waals surface area contributed by atoms with Crippen molar-refractivity contribution in [1.29, 1.82) is 0 Å². The lowest BCUT2D eigenvalue weighted by molar-refractivity contribution is -0.137. The van der Waals surface area contributed by atoms with Gasteiger partial charge in [-0.1, -0.05) is 36.9 Å². The molecule has 0 radical (unpaired) electrons. The standard InChI is InChI=1S/C12H13ClO2/c1-2-9-3-5-10(6-4-9)7-11(13)8-12(14)15/h2-6,11H,1,7-8H2,(H,14,15). The molecule has 1 unspecified atom stereocenters. The molecule has 0 spiro atoms. The summed E-state index contributed by atoms with van der Waals surface area (Å²) < 4.78 is 0. The molecular weight excluding hydrogens is 212 g/mol. The van der Waals surface area contributed by atoms with Gasteiger partial charge in [-0.2, -0.15) is 0 Å². The van der Waals surface area contributed by atoms with Crippen LogP contribution in [-0.2, 0) is 11.2 Å². The molecule has 0 saturated carbocycles. The van der Waals surface area contributed by atoms with Gasteiger partial charge in [-0.3, -0.25) is 4.79 Å². The van der Waals surface area contributed by atoms with Crippen LogP contribution in [0.5, 0.6) is 0 Å². The number of alkyl halides is 1. The third-order valence-corrected chi connectivity index (χ3v) is 2.38. The van der Waals surface area contributed by atoms with Gasteiger partial charge in [-0.25, -0.2) is 0 Å². The zero-order valence-corrected chi connectivity index (χ0v) is 9.07. The van der Waals surface area contributed by atoms with E-state index in [2.05, 4.69) is 6.58 Å². The molecular formula is C12H13ClO2. The highest BCUT2D eigenvalue weighted by Gasteiger charge is 2.10. The van der Waals surface area contributed by atoms with Gasteiger partial charge in [0.2, 0.25) is 0 Å². The molecule has 0 aromatic heterocycles. The molecule has 1 aromatic rings. The number of hydrogen-bond donors (Lipinski definition) is 1. The van der Waals surface area contributed by atoms with E-state index in [4.69, 9.17) is 16.7 Å². The molecule has 1 rings (SSSR count). The van der Waals surface area contributed by atoms with Crippen LogP contribution >= 0.6 is 11.6 Å². The first-order valence-corrected chi connectivity index (χ1v) is 5.12. The lowest BCUT2D eigenvalue weighted by Gasteiger charge is -2.06. The Morgan fingerprint density at radius 3 is 2.53 bits per heavy atom. The molecule has 1 aromatic carbocycles. The average Bonchev–Trinajstić information content (AvgIpc) is 2.17. The monoisotopic (exact) mass is 224 g/mol. The molecule has 1 N–H and O–H groups in total. The maximum atomic E-state index is 10.4. The van der Waals surface area contributed by atoms with Crippen molar-refractivity contribution in [3.05, 3.63) is 42.0 Å². The third kappa shape index (κ3) is 4.17. The van der Waals surface area contributed by atoms with Gasteiger partial charge in [0.15, 0.2) is 0 Å². The van der Waals surface area contributed by atoms with Crippen molar-refractivity contribution < 1.29 is 9.90 Å². The summed E-state index contributed by atoms with van der Waals surface area (Å²) in [6, 6.07) is 7.75. The van der Waals surface area contributed by atoms with E-state index >= 15 is 0 Å². The first kappa shape index (κ1) is 11.8. The Morgan fingerprint density at radius 2 is 2.07 bits per heavy atom. The van der Waals surface area contributed by atoms with Gasteiger partial charge in [0, 0.05) is 5.38 Å². The van der Waals surface area contributed by atoms with E-state index in [9.17, 15) is 4.79 Å². The summed E-state index contributed by atoms with van der Waals surface area (Å²) in [5, 5.41) is 8.20. The third-order valence-electron chi connectivity index (χ3n) is 2.07. The highest BCUT2D eigenvalue weighted by atomic mass is 35.5. The fraction of sp³-hybridized carbons (Fsp3) is 0.250. The minimum atomic E-state index is -0.863. The maximum absolute atomic E-state index is 10.4. The van der Waals surface area contributed by atoms with E-state index in [1.807, 2.05) is 24.3 Å². The van der Waals surface area contributed by atoms with Gasteiger partial charge in [0.05, 0.1) is 6.42 Å². The summed E-state index contributed by atoms with van der Waals surface area (Å²) in [5.41, 5.74) is 2.09. The van der Waals surface area contributed by atoms with Crippen LogP contribution in [0.1, 0.15) is 17.5 Å². The summed E-state index contributed by atoms with van der Waals surface area (Å²) in [7, 11) is 0. The number of rotatable bonds is 5. The first-order chi connectivity index (χ1) is 7.11. The van der Waals surface area contributed by atoms with E-state index in [0.29, 0.717) is 6.42 Å². The molecule has 15 heavy (non-hydrogen) atoms. The number of aliphatic carboxylic acids is 1. The minimum absolute atomic E-state index is 0.00916. The summed E-state index contributed by atoms with van der Waals surface area (Å²) in [6.45, 7) is 3.66. The van der Waals surface area contributed by atoms with Crippen LogP contribution in [0.15, 0.2) is 30.8 Å². The molecule has 0 aliphatic carbocycles. The molecule has 0 bridgehead atoms. The fourth-order valence-electron chi connectivity index (χ4n) is 1.31. The van der Waals surface area contributed by atoms with Gasteiger partial charge < -0.3 is 5.11 Å². The van der Waals surface area contributed by atoms with E-state index in [0.717, 1.165) is 11.1 Å². The van der Waals surface area contributed by atoms with Crippen molar-refractivity contribution in [2.24, 2.45) is 0 Å². The number of halogens is 1. The second-order valence-electron chi connectivity index (χ2n) is 3.34. The van der Waals surface area contributed by atoms with E-state index in [1.165, 1.54) is 0 Å². The topological polar surface area (TPSA) is 37.3 Å². The smallest absolute Gasteiger partial charge is 0.304 e. The van der Waals surface area contributed by atoms with Crippen LogP contribution in [-0.4, -0.2) is 16.5 Å². The summed E-state index contributed by atoms with van der Waals surface area (Å²) >= 11 is 5.88. The molecule has 0 fully saturated rings. The van der Waals surface area contributed by atoms with Crippen molar-refractivity contribution in [3.63, 3.8) is 0 Å². The lowest BCUT2D eigenvalue weighted by Crippen LogP contribution is -2.09. The SMILES string of the molecule is C=Cc1ccc(CC(Cl)CC(=O)O)cc1. The number of carbonyl (C=O) groups is 1. The molecule has 3 heteroatoms. The lowest BCUT2D eigenvalue weighted by atomic mass is 10.1. The highest BCUT2D eigenvalue weighted by molar-refractivity contribution is 6.21. The molecule has 0 saturated heterocycles. The average molecular weight is 225 g/mol. The van der Waals surface area contributed by atoms with Gasteiger partial charge in [0.1, 0.15) is 0 Å². The van der Waals surface area contributed by atoms with Gasteiger partial charge >= 0.3 is 5.97 Å². The summed E-state index contributed by atoms with van der Waals surface area (Å²) in [4.78, 5) is 10.4. The van der Waals surface area contributed by atoms with Crippen LogP contribution in [0, 0.1) is 0 Å². The predicted molar refractivity (Wildman–Crippen MR) is 62.1 cm³/mol. The Labute approximate surface area is 94.2 Å². The Bertz CT molecular complexity index is 343. The van der Waals surface area contributed by atoms with Crippen molar-refractivity contribution >= 4 is 23.6 Å². The van der Waals surface area contributed by atoms with E-state index in [1.54, 1.807) is 6.08 Å². The number of carboxylic acids is 1. The normalized spacial score (nSPS) is 12.1. The molecule has 1 atom stereocenters. The molecule has 0 aliphatic heterocycles. The van der Waals surface area contributed by atoms with Crippen LogP contribution in [0.3, 0.4) is 0 Å². The highest BCUT2D eigenvalue weighted by Crippen LogP contribution is 2.13. The van der Waals surface area contributed by atoms with E-state index in [-0.39, 0.29) is 11.8 Å². The van der Waals surface area contributed by atoms with Crippen LogP contribution in [0.2, 0.25) is 0 Å². The van der Waals surface area contributed by atoms with Crippen LogP contribution < -0.4 is 0 Å². The second kappa shape index (κ2) is 5.56. The van der Waals surface area contributed by atoms with Crippen molar-refractivity contribution in [3.8, 4) is 0 Å². The predicted octanol–water partition coefficient (Wildman–Crippen LogP) is 2.95. The number of benzene rings is 1. The largest absolute Gasteiger partial charge is 0.481 e. The van der Waals surface area contributed by atoms with Crippen molar-refractivity contribution in [2.75, 3.05) is 0 Å². The summed E-state index contributed by atoms with van der Waals surface area (Å²) in [6.07, 6.45) is 2.33. The minimum Gasteiger partial charge on any atom is -0.481 e. The Balaban J connectivity index is 2.56. The Kier molecular flexibility index (Phi) is 4.37. The molecule has 0 heterocycles. The maximum Gasteiger partial charge on any atom is 0.304 e. The van der Waals surface area contributed by atoms with Gasteiger partial charge in [-0.15, -0.1) is 11.6 Å². The van der Waals surface area contributed by atoms with Gasteiger partial charge in [-0.05, 0) is 17.5 Å². The first-order valence-electron chi connectivity index (χ1n) is 4.69. The van der Waals surface area contributed by atoms with Crippen LogP contribution in [0.25, 0.3) is 6.08 Å². The molecule has 0 amide bonds. The fourth-order valence-corrected chi connectivity index (χ4v) is 1.62. The van der Waals surface area contributed by atoms with Crippen molar-refractivity contribution in [2.45, 2.75) is 18.2 Å². The summed E-state index contributed by atoms with van der Waals surface area (Å²) in [5.74, 6) is -0.863. The van der Waals surface area contributed by atoms with Crippen molar-refractivity contribution in [1.82, 2.24) is 0 Å². The zero-order valence-electron chi connectivity index (χ0n) is 8.32. The van der Waals surface area contributed by atoms with E-state index < -0.39 is 5.97 Å². The quantitative estimate of drug-likeness (QED) is 0.781. The molecule has 0 aliphatic rings. The zero-order chi connectivity index (χ0) is 11.3. The van der Waals surface area contributed by atoms with Gasteiger partial charge in [0.25, 0.3) is 0 Å². The second-order valence-corrected chi connectivity index (χ2v) is 3.96. The Hall–Kier alpha value is -1.28. The number of carboxylic acid groups (broad SMARTS) is 1.